The molecule has 1 unspecified atom stereocenters. The number of hydrogen-bond donors (Lipinski definition) is 1. The molecule has 108 valence electrons. The number of nitrogens with zero attached hydrogens (tertiary/aromatic N) is 1. The molecule has 0 spiro atoms. The SMILES string of the molecule is CC(CNC(=O)c1cccc([N+](=O)[O-])c1)c1ccccc1. The second kappa shape index (κ2) is 6.65. The first kappa shape index (κ1) is 14.7. The van der Waals surface area contributed by atoms with E-state index in [2.05, 4.69) is 5.32 Å². The van der Waals surface area contributed by atoms with E-state index in [1.165, 1.54) is 18.2 Å². The van der Waals surface area contributed by atoms with Crippen LogP contribution in [0, 0.1) is 10.1 Å². The fourth-order valence-corrected chi connectivity index (χ4v) is 2.01. The molecule has 0 aromatic heterocycles. The number of nitrogens with one attached hydrogen (secondary N) is 1. The minimum atomic E-state index is -0.511. The third-order valence-corrected chi connectivity index (χ3v) is 3.26. The van der Waals surface area contributed by atoms with E-state index >= 15 is 0 Å². The van der Waals surface area contributed by atoms with Gasteiger partial charge in [0.1, 0.15) is 0 Å². The van der Waals surface area contributed by atoms with Gasteiger partial charge in [0.05, 0.1) is 4.92 Å². The van der Waals surface area contributed by atoms with E-state index in [1.807, 2.05) is 37.3 Å². The number of rotatable bonds is 5. The summed E-state index contributed by atoms with van der Waals surface area (Å²) in [6.07, 6.45) is 0. The second-order valence-corrected chi connectivity index (χ2v) is 4.83. The van der Waals surface area contributed by atoms with Gasteiger partial charge in [-0.1, -0.05) is 43.3 Å². The summed E-state index contributed by atoms with van der Waals surface area (Å²) in [4.78, 5) is 22.2. The van der Waals surface area contributed by atoms with Crippen molar-refractivity contribution in [1.82, 2.24) is 5.32 Å². The van der Waals surface area contributed by atoms with Crippen LogP contribution in [0.2, 0.25) is 0 Å². The summed E-state index contributed by atoms with van der Waals surface area (Å²) in [6.45, 7) is 2.49. The van der Waals surface area contributed by atoms with E-state index in [1.54, 1.807) is 6.07 Å². The first-order valence-corrected chi connectivity index (χ1v) is 6.65. The van der Waals surface area contributed by atoms with E-state index in [4.69, 9.17) is 0 Å². The maximum absolute atomic E-state index is 12.0. The molecule has 0 saturated carbocycles. The molecule has 2 rings (SSSR count). The lowest BCUT2D eigenvalue weighted by Gasteiger charge is -2.13. The molecule has 0 radical (unpaired) electrons. The number of non-ortho nitro benzene ring substituents is 1. The van der Waals surface area contributed by atoms with E-state index in [-0.39, 0.29) is 17.5 Å². The fraction of sp³-hybridized carbons (Fsp3) is 0.188. The average Bonchev–Trinajstić information content (AvgIpc) is 2.53. The number of benzene rings is 2. The van der Waals surface area contributed by atoms with E-state index in [0.29, 0.717) is 12.1 Å². The Bertz CT molecular complexity index is 641. The van der Waals surface area contributed by atoms with Crippen LogP contribution in [0.15, 0.2) is 54.6 Å². The maximum atomic E-state index is 12.0. The van der Waals surface area contributed by atoms with Crippen molar-refractivity contribution in [1.29, 1.82) is 0 Å². The maximum Gasteiger partial charge on any atom is 0.270 e. The molecule has 1 atom stereocenters. The summed E-state index contributed by atoms with van der Waals surface area (Å²) >= 11 is 0. The molecule has 2 aromatic carbocycles. The Kier molecular flexibility index (Phi) is 4.66. The second-order valence-electron chi connectivity index (χ2n) is 4.83. The molecule has 0 aliphatic rings. The van der Waals surface area contributed by atoms with Gasteiger partial charge in [-0.05, 0) is 17.5 Å². The number of carbonyl (C=O) groups is 1. The van der Waals surface area contributed by atoms with Gasteiger partial charge < -0.3 is 5.32 Å². The lowest BCUT2D eigenvalue weighted by Crippen LogP contribution is -2.27. The molecule has 1 N–H and O–H groups in total. The van der Waals surface area contributed by atoms with Gasteiger partial charge in [-0.3, -0.25) is 14.9 Å². The van der Waals surface area contributed by atoms with Gasteiger partial charge in [-0.15, -0.1) is 0 Å². The zero-order chi connectivity index (χ0) is 15.2. The van der Waals surface area contributed by atoms with Crippen molar-refractivity contribution in [3.63, 3.8) is 0 Å². The molecule has 5 nitrogen and oxygen atoms in total. The van der Waals surface area contributed by atoms with Gasteiger partial charge >= 0.3 is 0 Å². The monoisotopic (exact) mass is 284 g/mol. The van der Waals surface area contributed by atoms with Gasteiger partial charge in [0, 0.05) is 24.2 Å². The summed E-state index contributed by atoms with van der Waals surface area (Å²) in [5, 5.41) is 13.5. The third kappa shape index (κ3) is 3.89. The summed E-state index contributed by atoms with van der Waals surface area (Å²) < 4.78 is 0. The highest BCUT2D eigenvalue weighted by Crippen LogP contribution is 2.15. The molecule has 21 heavy (non-hydrogen) atoms. The van der Waals surface area contributed by atoms with Gasteiger partial charge in [0.15, 0.2) is 0 Å². The van der Waals surface area contributed by atoms with Gasteiger partial charge in [-0.2, -0.15) is 0 Å². The molecular weight excluding hydrogens is 268 g/mol. The highest BCUT2D eigenvalue weighted by atomic mass is 16.6. The Hall–Kier alpha value is -2.69. The number of nitro benzene ring substituents is 1. The quantitative estimate of drug-likeness (QED) is 0.677. The van der Waals surface area contributed by atoms with E-state index in [0.717, 1.165) is 5.56 Å². The summed E-state index contributed by atoms with van der Waals surface area (Å²) in [7, 11) is 0. The molecule has 0 aliphatic carbocycles. The minimum Gasteiger partial charge on any atom is -0.351 e. The van der Waals surface area contributed by atoms with Crippen LogP contribution in [0.4, 0.5) is 5.69 Å². The summed E-state index contributed by atoms with van der Waals surface area (Å²) in [5.41, 5.74) is 1.35. The Morgan fingerprint density at radius 3 is 2.57 bits per heavy atom. The van der Waals surface area contributed by atoms with Crippen LogP contribution >= 0.6 is 0 Å². The summed E-state index contributed by atoms with van der Waals surface area (Å²) in [5.74, 6) is -0.129. The Morgan fingerprint density at radius 1 is 1.19 bits per heavy atom. The van der Waals surface area contributed by atoms with E-state index < -0.39 is 4.92 Å². The zero-order valence-electron chi connectivity index (χ0n) is 11.7. The standard InChI is InChI=1S/C16H16N2O3/c1-12(13-6-3-2-4-7-13)11-17-16(19)14-8-5-9-15(10-14)18(20)21/h2-10,12H,11H2,1H3,(H,17,19). The number of carbonyl (C=O) groups excluding carboxylic acids is 1. The number of amides is 1. The van der Waals surface area contributed by atoms with Crippen molar-refractivity contribution in [2.75, 3.05) is 6.54 Å². The van der Waals surface area contributed by atoms with Crippen LogP contribution in [-0.2, 0) is 0 Å². The van der Waals surface area contributed by atoms with Crippen molar-refractivity contribution < 1.29 is 9.72 Å². The van der Waals surface area contributed by atoms with Crippen molar-refractivity contribution >= 4 is 11.6 Å². The lowest BCUT2D eigenvalue weighted by molar-refractivity contribution is -0.384. The van der Waals surface area contributed by atoms with Crippen molar-refractivity contribution in [2.24, 2.45) is 0 Å². The van der Waals surface area contributed by atoms with Gasteiger partial charge in [0.2, 0.25) is 0 Å². The molecule has 5 heteroatoms. The first-order valence-electron chi connectivity index (χ1n) is 6.65. The number of nitro groups is 1. The zero-order valence-corrected chi connectivity index (χ0v) is 11.7. The van der Waals surface area contributed by atoms with Gasteiger partial charge in [-0.25, -0.2) is 0 Å². The minimum absolute atomic E-state index is 0.0845. The van der Waals surface area contributed by atoms with Crippen LogP contribution in [0.3, 0.4) is 0 Å². The van der Waals surface area contributed by atoms with E-state index in [9.17, 15) is 14.9 Å². The van der Waals surface area contributed by atoms with Gasteiger partial charge in [0.25, 0.3) is 11.6 Å². The molecule has 0 aliphatic heterocycles. The van der Waals surface area contributed by atoms with Crippen LogP contribution in [0.1, 0.15) is 28.8 Å². The van der Waals surface area contributed by atoms with Crippen molar-refractivity contribution in [3.8, 4) is 0 Å². The topological polar surface area (TPSA) is 72.2 Å². The molecular formula is C16H16N2O3. The molecule has 2 aromatic rings. The Morgan fingerprint density at radius 2 is 1.90 bits per heavy atom. The first-order chi connectivity index (χ1) is 10.1. The van der Waals surface area contributed by atoms with Crippen molar-refractivity contribution in [2.45, 2.75) is 12.8 Å². The van der Waals surface area contributed by atoms with Crippen LogP contribution in [0.5, 0.6) is 0 Å². The van der Waals surface area contributed by atoms with Crippen molar-refractivity contribution in [3.05, 3.63) is 75.8 Å². The molecule has 0 bridgehead atoms. The summed E-state index contributed by atoms with van der Waals surface area (Å²) in [6, 6.07) is 15.6. The number of hydrogen-bond acceptors (Lipinski definition) is 3. The third-order valence-electron chi connectivity index (χ3n) is 3.26. The molecule has 0 saturated heterocycles. The predicted molar refractivity (Wildman–Crippen MR) is 80.3 cm³/mol. The average molecular weight is 284 g/mol. The Balaban J connectivity index is 1.99. The molecule has 0 heterocycles. The normalized spacial score (nSPS) is 11.7. The Labute approximate surface area is 122 Å². The molecule has 0 fully saturated rings. The highest BCUT2D eigenvalue weighted by molar-refractivity contribution is 5.94. The van der Waals surface area contributed by atoms with Crippen LogP contribution in [-0.4, -0.2) is 17.4 Å². The largest absolute Gasteiger partial charge is 0.351 e. The van der Waals surface area contributed by atoms with Crippen LogP contribution in [0.25, 0.3) is 0 Å². The van der Waals surface area contributed by atoms with Crippen LogP contribution < -0.4 is 5.32 Å². The fourth-order valence-electron chi connectivity index (χ4n) is 2.01. The predicted octanol–water partition coefficient (Wildman–Crippen LogP) is 3.13. The lowest BCUT2D eigenvalue weighted by atomic mass is 10.0. The highest BCUT2D eigenvalue weighted by Gasteiger charge is 2.12. The smallest absolute Gasteiger partial charge is 0.270 e. The molecule has 1 amide bonds.